The molecular weight excluding hydrogens is 269 g/mol. The van der Waals surface area contributed by atoms with Crippen molar-refractivity contribution in [2.24, 2.45) is 0 Å². The average molecular weight is 273 g/mol. The number of rotatable bonds is 3. The van der Waals surface area contributed by atoms with Gasteiger partial charge in [0.15, 0.2) is 5.75 Å². The maximum atomic E-state index is 12.4. The molecule has 100 valence electrons. The Morgan fingerprint density at radius 3 is 2.33 bits per heavy atom. The van der Waals surface area contributed by atoms with E-state index in [0.717, 1.165) is 0 Å². The van der Waals surface area contributed by atoms with Crippen molar-refractivity contribution in [3.8, 4) is 5.75 Å². The number of H-pyrrole nitrogens is 1. The molecule has 0 aliphatic heterocycles. The van der Waals surface area contributed by atoms with Crippen LogP contribution in [0.5, 0.6) is 5.75 Å². The fourth-order valence-corrected chi connectivity index (χ4v) is 1.08. The van der Waals surface area contributed by atoms with Crippen molar-refractivity contribution in [1.82, 2.24) is 4.98 Å². The van der Waals surface area contributed by atoms with E-state index in [1.54, 1.807) is 0 Å². The Kier molecular flexibility index (Phi) is 3.58. The van der Waals surface area contributed by atoms with Gasteiger partial charge in [-0.15, -0.1) is 13.2 Å². The highest BCUT2D eigenvalue weighted by atomic mass is 19.4. The number of hydrogen-bond donors (Lipinski definition) is 2. The van der Waals surface area contributed by atoms with Gasteiger partial charge in [0.2, 0.25) is 0 Å². The van der Waals surface area contributed by atoms with Gasteiger partial charge in [0.1, 0.15) is 5.69 Å². The largest absolute Gasteiger partial charge is 0.573 e. The van der Waals surface area contributed by atoms with Gasteiger partial charge >= 0.3 is 12.3 Å². The van der Waals surface area contributed by atoms with Crippen LogP contribution < -0.4 is 10.3 Å². The molecule has 18 heavy (non-hydrogen) atoms. The molecule has 0 unspecified atom stereocenters. The molecule has 1 heterocycles. The smallest absolute Gasteiger partial charge is 0.477 e. The summed E-state index contributed by atoms with van der Waals surface area (Å²) in [6.45, 7) is 0. The molecule has 1 aromatic heterocycles. The molecule has 0 fully saturated rings. The summed E-state index contributed by atoms with van der Waals surface area (Å²) in [5.41, 5.74) is -4.04. The lowest BCUT2D eigenvalue weighted by Crippen LogP contribution is -2.25. The number of nitrogens with one attached hydrogen (secondary N) is 1. The number of aromatic amines is 1. The summed E-state index contributed by atoms with van der Waals surface area (Å²) in [5, 5.41) is 8.50. The molecule has 1 rings (SSSR count). The Morgan fingerprint density at radius 1 is 1.39 bits per heavy atom. The van der Waals surface area contributed by atoms with Crippen molar-refractivity contribution < 1.29 is 36.6 Å². The number of pyridine rings is 1. The van der Waals surface area contributed by atoms with E-state index in [1.165, 1.54) is 4.98 Å². The average Bonchev–Trinajstić information content (AvgIpc) is 2.17. The fraction of sp³-hybridized carbons (Fsp3) is 0.250. The highest BCUT2D eigenvalue weighted by Gasteiger charge is 2.33. The van der Waals surface area contributed by atoms with Gasteiger partial charge in [-0.2, -0.15) is 0 Å². The Labute approximate surface area is 94.8 Å². The summed E-state index contributed by atoms with van der Waals surface area (Å²) < 4.78 is 63.5. The predicted molar refractivity (Wildman–Crippen MR) is 45.7 cm³/mol. The minimum absolute atomic E-state index is 0.0421. The van der Waals surface area contributed by atoms with Crippen LogP contribution in [0.4, 0.5) is 22.0 Å². The van der Waals surface area contributed by atoms with Gasteiger partial charge in [0.25, 0.3) is 12.0 Å². The van der Waals surface area contributed by atoms with Gasteiger partial charge in [-0.3, -0.25) is 4.79 Å². The summed E-state index contributed by atoms with van der Waals surface area (Å²) >= 11 is 0. The standard InChI is InChI=1S/C8H4F5NO4/c9-5(10)2-1-3(18-8(11,12)13)6(15)14-4(2)7(16)17/h1,5H,(H,14,15)(H,16,17). The summed E-state index contributed by atoms with van der Waals surface area (Å²) in [4.78, 5) is 22.9. The lowest BCUT2D eigenvalue weighted by molar-refractivity contribution is -0.275. The molecule has 5 nitrogen and oxygen atoms in total. The zero-order valence-electron chi connectivity index (χ0n) is 8.22. The van der Waals surface area contributed by atoms with E-state index in [4.69, 9.17) is 5.11 Å². The zero-order valence-corrected chi connectivity index (χ0v) is 8.22. The van der Waals surface area contributed by atoms with Crippen molar-refractivity contribution in [3.63, 3.8) is 0 Å². The van der Waals surface area contributed by atoms with Crippen LogP contribution >= 0.6 is 0 Å². The van der Waals surface area contributed by atoms with Crippen molar-refractivity contribution in [1.29, 1.82) is 0 Å². The number of halogens is 5. The molecule has 1 aromatic rings. The van der Waals surface area contributed by atoms with Crippen LogP contribution in [-0.4, -0.2) is 22.4 Å². The van der Waals surface area contributed by atoms with Gasteiger partial charge in [-0.25, -0.2) is 13.6 Å². The SMILES string of the molecule is O=C(O)c1[nH]c(=O)c(OC(F)(F)F)cc1C(F)F. The zero-order chi connectivity index (χ0) is 14.1. The fourth-order valence-electron chi connectivity index (χ4n) is 1.08. The third-order valence-electron chi connectivity index (χ3n) is 1.71. The molecule has 0 aromatic carbocycles. The van der Waals surface area contributed by atoms with Crippen molar-refractivity contribution in [2.75, 3.05) is 0 Å². The van der Waals surface area contributed by atoms with Crippen LogP contribution in [0, 0.1) is 0 Å². The summed E-state index contributed by atoms with van der Waals surface area (Å²) in [7, 11) is 0. The number of ether oxygens (including phenoxy) is 1. The van der Waals surface area contributed by atoms with Crippen LogP contribution in [-0.2, 0) is 0 Å². The van der Waals surface area contributed by atoms with E-state index < -0.39 is 41.3 Å². The van der Waals surface area contributed by atoms with Crippen molar-refractivity contribution in [2.45, 2.75) is 12.8 Å². The number of hydrogen-bond acceptors (Lipinski definition) is 3. The third-order valence-corrected chi connectivity index (χ3v) is 1.71. The number of aromatic carboxylic acids is 1. The normalized spacial score (nSPS) is 11.7. The van der Waals surface area contributed by atoms with E-state index in [9.17, 15) is 31.5 Å². The van der Waals surface area contributed by atoms with Gasteiger partial charge < -0.3 is 14.8 Å². The molecule has 0 aliphatic carbocycles. The van der Waals surface area contributed by atoms with Crippen LogP contribution in [0.25, 0.3) is 0 Å². The molecule has 0 saturated heterocycles. The maximum Gasteiger partial charge on any atom is 0.573 e. The first-order valence-corrected chi connectivity index (χ1v) is 4.16. The minimum atomic E-state index is -5.25. The van der Waals surface area contributed by atoms with Crippen LogP contribution in [0.2, 0.25) is 0 Å². The molecule has 0 amide bonds. The first-order valence-electron chi connectivity index (χ1n) is 4.16. The lowest BCUT2D eigenvalue weighted by atomic mass is 10.2. The minimum Gasteiger partial charge on any atom is -0.477 e. The lowest BCUT2D eigenvalue weighted by Gasteiger charge is -2.10. The molecular formula is C8H4F5NO4. The Hall–Kier alpha value is -2.13. The van der Waals surface area contributed by atoms with E-state index in [-0.39, 0.29) is 6.07 Å². The summed E-state index contributed by atoms with van der Waals surface area (Å²) in [5.74, 6) is -3.36. The molecule has 0 aliphatic rings. The van der Waals surface area contributed by atoms with E-state index in [2.05, 4.69) is 4.74 Å². The first kappa shape index (κ1) is 13.9. The van der Waals surface area contributed by atoms with Gasteiger partial charge in [0.05, 0.1) is 5.56 Å². The number of carboxylic acids is 1. The van der Waals surface area contributed by atoms with Crippen molar-refractivity contribution in [3.05, 3.63) is 27.7 Å². The van der Waals surface area contributed by atoms with Crippen molar-refractivity contribution >= 4 is 5.97 Å². The molecule has 0 saturated carbocycles. The van der Waals surface area contributed by atoms with Gasteiger partial charge in [0, 0.05) is 0 Å². The molecule has 10 heteroatoms. The quantitative estimate of drug-likeness (QED) is 0.824. The van der Waals surface area contributed by atoms with E-state index >= 15 is 0 Å². The van der Waals surface area contributed by atoms with Gasteiger partial charge in [-0.05, 0) is 6.07 Å². The number of carbonyl (C=O) groups is 1. The number of carboxylic acid groups (broad SMARTS) is 1. The number of aromatic nitrogens is 1. The molecule has 0 bridgehead atoms. The van der Waals surface area contributed by atoms with Crippen LogP contribution in [0.15, 0.2) is 10.9 Å². The third kappa shape index (κ3) is 3.18. The summed E-state index contributed by atoms with van der Waals surface area (Å²) in [6.07, 6.45) is -8.64. The second kappa shape index (κ2) is 4.63. The highest BCUT2D eigenvalue weighted by molar-refractivity contribution is 5.87. The molecule has 2 N–H and O–H groups in total. The first-order chi connectivity index (χ1) is 8.11. The molecule has 0 atom stereocenters. The second-order valence-corrected chi connectivity index (χ2v) is 2.95. The monoisotopic (exact) mass is 273 g/mol. The number of alkyl halides is 5. The summed E-state index contributed by atoms with van der Waals surface area (Å²) in [6, 6.07) is 0.0421. The van der Waals surface area contributed by atoms with Crippen LogP contribution in [0.1, 0.15) is 22.5 Å². The Morgan fingerprint density at radius 2 is 1.94 bits per heavy atom. The Bertz CT molecular complexity index is 521. The second-order valence-electron chi connectivity index (χ2n) is 2.95. The van der Waals surface area contributed by atoms with Gasteiger partial charge in [-0.1, -0.05) is 0 Å². The topological polar surface area (TPSA) is 79.4 Å². The molecule has 0 radical (unpaired) electrons. The van der Waals surface area contributed by atoms with Crippen LogP contribution in [0.3, 0.4) is 0 Å². The van der Waals surface area contributed by atoms with E-state index in [0.29, 0.717) is 0 Å². The Balaban J connectivity index is 3.37. The molecule has 0 spiro atoms. The predicted octanol–water partition coefficient (Wildman–Crippen LogP) is 1.91. The van der Waals surface area contributed by atoms with E-state index in [1.807, 2.05) is 0 Å². The highest BCUT2D eigenvalue weighted by Crippen LogP contribution is 2.26. The maximum absolute atomic E-state index is 12.4.